The van der Waals surface area contributed by atoms with Crippen molar-refractivity contribution < 1.29 is 9.50 Å². The number of aromatic hydroxyl groups is 1. The van der Waals surface area contributed by atoms with Crippen molar-refractivity contribution in [3.8, 4) is 22.7 Å². The lowest BCUT2D eigenvalue weighted by Crippen LogP contribution is -2.52. The van der Waals surface area contributed by atoms with Crippen LogP contribution in [0.1, 0.15) is 37.8 Å². The van der Waals surface area contributed by atoms with Crippen LogP contribution in [0.25, 0.3) is 23.0 Å². The predicted molar refractivity (Wildman–Crippen MR) is 106 cm³/mol. The molecule has 10 heteroatoms. The molecule has 3 aromatic rings. The summed E-state index contributed by atoms with van der Waals surface area (Å²) in [6, 6.07) is 5.26. The van der Waals surface area contributed by atoms with Crippen LogP contribution in [-0.4, -0.2) is 58.2 Å². The van der Waals surface area contributed by atoms with Gasteiger partial charge in [0.2, 0.25) is 0 Å². The Morgan fingerprint density at radius 1 is 1.30 bits per heavy atom. The van der Waals surface area contributed by atoms with Gasteiger partial charge in [0.05, 0.1) is 17.4 Å². The van der Waals surface area contributed by atoms with Gasteiger partial charge in [0.15, 0.2) is 11.6 Å². The van der Waals surface area contributed by atoms with Gasteiger partial charge in [-0.25, -0.2) is 9.37 Å². The van der Waals surface area contributed by atoms with Crippen LogP contribution in [-0.2, 0) is 0 Å². The number of phenolic OH excluding ortho intramolecular Hbond substituents is 1. The molecule has 2 aliphatic rings. The van der Waals surface area contributed by atoms with E-state index in [9.17, 15) is 9.50 Å². The van der Waals surface area contributed by atoms with Gasteiger partial charge in [-0.15, -0.1) is 25.2 Å². The van der Waals surface area contributed by atoms with Crippen LogP contribution in [0, 0.1) is 6.92 Å². The second kappa shape index (κ2) is 6.91. The summed E-state index contributed by atoms with van der Waals surface area (Å²) in [6.45, 7) is 3.66. The van der Waals surface area contributed by atoms with E-state index in [4.69, 9.17) is 0 Å². The van der Waals surface area contributed by atoms with Crippen molar-refractivity contribution in [2.75, 3.05) is 0 Å². The number of hydrogen-bond donors (Lipinski definition) is 2. The highest BCUT2D eigenvalue weighted by atomic mass is 19.1. The summed E-state index contributed by atoms with van der Waals surface area (Å²) >= 11 is 0. The maximum Gasteiger partial charge on any atom is 0.174 e. The Bertz CT molecular complexity index is 1130. The van der Waals surface area contributed by atoms with Gasteiger partial charge >= 0.3 is 0 Å². The number of nitrogens with one attached hydrogen (secondary N) is 1. The Hall–Kier alpha value is -3.27. The van der Waals surface area contributed by atoms with E-state index in [2.05, 4.69) is 35.9 Å². The van der Waals surface area contributed by atoms with Crippen LogP contribution in [0.15, 0.2) is 30.0 Å². The fourth-order valence-corrected chi connectivity index (χ4v) is 4.26. The molecule has 9 nitrogen and oxygen atoms in total. The summed E-state index contributed by atoms with van der Waals surface area (Å²) < 4.78 is 14.9. The zero-order valence-corrected chi connectivity index (χ0v) is 16.6. The van der Waals surface area contributed by atoms with E-state index in [1.54, 1.807) is 25.1 Å². The third-order valence-corrected chi connectivity index (χ3v) is 5.81. The highest BCUT2D eigenvalue weighted by Crippen LogP contribution is 2.40. The molecule has 154 valence electrons. The second-order valence-electron chi connectivity index (χ2n) is 8.11. The average molecular weight is 408 g/mol. The number of hydrogen-bond acceptors (Lipinski definition) is 8. The van der Waals surface area contributed by atoms with E-state index in [0.717, 1.165) is 12.8 Å². The Balaban J connectivity index is 1.39. The van der Waals surface area contributed by atoms with Crippen LogP contribution in [0.5, 0.6) is 5.75 Å². The molecule has 0 saturated carbocycles. The lowest BCUT2D eigenvalue weighted by Gasteiger charge is -2.36. The number of halogens is 1. The SMILES string of the molecule is Cc1nnn(-c2ccc(-c3cnc(/C=C4\CC5CC[C@](C)(N5)[C@H]4F)nn3)c(O)c2)n1. The van der Waals surface area contributed by atoms with Gasteiger partial charge in [-0.3, -0.25) is 0 Å². The molecule has 0 aliphatic carbocycles. The van der Waals surface area contributed by atoms with Crippen LogP contribution in [0.3, 0.4) is 0 Å². The lowest BCUT2D eigenvalue weighted by atomic mass is 9.86. The number of benzene rings is 1. The van der Waals surface area contributed by atoms with Crippen molar-refractivity contribution in [2.24, 2.45) is 0 Å². The first-order chi connectivity index (χ1) is 14.4. The summed E-state index contributed by atoms with van der Waals surface area (Å²) in [5, 5.41) is 33.9. The Morgan fingerprint density at radius 2 is 2.17 bits per heavy atom. The molecule has 0 spiro atoms. The third-order valence-electron chi connectivity index (χ3n) is 5.81. The molecule has 2 N–H and O–H groups in total. The summed E-state index contributed by atoms with van der Waals surface area (Å²) in [5.74, 6) is 0.889. The molecule has 5 rings (SSSR count). The number of phenols is 1. The minimum absolute atomic E-state index is 0.00339. The van der Waals surface area contributed by atoms with Crippen LogP contribution < -0.4 is 5.32 Å². The largest absolute Gasteiger partial charge is 0.507 e. The van der Waals surface area contributed by atoms with E-state index in [1.165, 1.54) is 17.1 Å². The minimum atomic E-state index is -1.06. The van der Waals surface area contributed by atoms with Crippen molar-refractivity contribution in [3.05, 3.63) is 41.6 Å². The highest BCUT2D eigenvalue weighted by Gasteiger charge is 2.47. The predicted octanol–water partition coefficient (Wildman–Crippen LogP) is 2.16. The summed E-state index contributed by atoms with van der Waals surface area (Å²) in [6.07, 6.45) is 4.61. The molecule has 1 unspecified atom stereocenters. The van der Waals surface area contributed by atoms with Gasteiger partial charge in [0.1, 0.15) is 17.6 Å². The third kappa shape index (κ3) is 3.22. The molecule has 2 bridgehead atoms. The van der Waals surface area contributed by atoms with E-state index >= 15 is 0 Å². The normalized spacial score (nSPS) is 27.0. The Kier molecular flexibility index (Phi) is 4.31. The molecule has 2 aliphatic heterocycles. The quantitative estimate of drug-likeness (QED) is 0.678. The highest BCUT2D eigenvalue weighted by molar-refractivity contribution is 5.68. The van der Waals surface area contributed by atoms with E-state index < -0.39 is 11.7 Å². The molecular weight excluding hydrogens is 387 g/mol. The number of piperidine rings is 1. The van der Waals surface area contributed by atoms with E-state index in [0.29, 0.717) is 46.6 Å². The fourth-order valence-electron chi connectivity index (χ4n) is 4.26. The van der Waals surface area contributed by atoms with E-state index in [-0.39, 0.29) is 5.75 Å². The summed E-state index contributed by atoms with van der Waals surface area (Å²) in [5.41, 5.74) is 1.66. The maximum atomic E-state index is 14.9. The number of tetrazole rings is 1. The zero-order valence-electron chi connectivity index (χ0n) is 16.6. The van der Waals surface area contributed by atoms with Gasteiger partial charge in [-0.2, -0.15) is 0 Å². The van der Waals surface area contributed by atoms with Crippen LogP contribution in [0.2, 0.25) is 0 Å². The molecule has 3 atom stereocenters. The van der Waals surface area contributed by atoms with Gasteiger partial charge in [0, 0.05) is 17.7 Å². The lowest BCUT2D eigenvalue weighted by molar-refractivity contribution is 0.186. The summed E-state index contributed by atoms with van der Waals surface area (Å²) in [4.78, 5) is 5.65. The molecule has 4 heterocycles. The van der Waals surface area contributed by atoms with Gasteiger partial charge in [-0.1, -0.05) is 0 Å². The molecule has 0 amide bonds. The fraction of sp³-hybridized carbons (Fsp3) is 0.400. The first-order valence-electron chi connectivity index (χ1n) is 9.84. The van der Waals surface area contributed by atoms with Crippen molar-refractivity contribution in [1.82, 2.24) is 40.7 Å². The number of rotatable bonds is 3. The average Bonchev–Trinajstić information content (AvgIpc) is 3.31. The standard InChI is InChI=1S/C20H21FN8O/c1-11-24-28-29(27-11)14-3-4-15(17(30)9-14)16-10-22-18(26-25-16)8-12-7-13-5-6-20(2,23-13)19(12)21/h3-4,8-10,13,19,23,30H,5-7H2,1-2H3/b12-8+/t13?,19-,20-/m0/s1. The van der Waals surface area contributed by atoms with E-state index in [1.807, 2.05) is 6.92 Å². The molecule has 1 aromatic carbocycles. The van der Waals surface area contributed by atoms with Crippen molar-refractivity contribution in [1.29, 1.82) is 0 Å². The summed E-state index contributed by atoms with van der Waals surface area (Å²) in [7, 11) is 0. The Morgan fingerprint density at radius 3 is 2.87 bits per heavy atom. The van der Waals surface area contributed by atoms with Gasteiger partial charge < -0.3 is 10.4 Å². The molecule has 30 heavy (non-hydrogen) atoms. The minimum Gasteiger partial charge on any atom is -0.507 e. The topological polar surface area (TPSA) is 115 Å². The number of alkyl halides is 1. The molecule has 0 radical (unpaired) electrons. The number of aryl methyl sites for hydroxylation is 1. The van der Waals surface area contributed by atoms with Crippen LogP contribution in [0.4, 0.5) is 4.39 Å². The zero-order chi connectivity index (χ0) is 20.9. The Labute approximate surface area is 172 Å². The van der Waals surface area contributed by atoms with Crippen LogP contribution >= 0.6 is 0 Å². The first-order valence-corrected chi connectivity index (χ1v) is 9.84. The molecular formula is C20H21FN8O. The number of nitrogens with zero attached hydrogens (tertiary/aromatic N) is 7. The van der Waals surface area contributed by atoms with Crippen molar-refractivity contribution in [3.63, 3.8) is 0 Å². The van der Waals surface area contributed by atoms with Crippen molar-refractivity contribution in [2.45, 2.75) is 50.9 Å². The molecule has 2 saturated heterocycles. The van der Waals surface area contributed by atoms with Crippen molar-refractivity contribution >= 4 is 6.08 Å². The van der Waals surface area contributed by atoms with Gasteiger partial charge in [-0.05, 0) is 62.1 Å². The number of aromatic nitrogens is 7. The van der Waals surface area contributed by atoms with Gasteiger partial charge in [0.25, 0.3) is 0 Å². The first kappa shape index (κ1) is 18.7. The molecule has 2 aromatic heterocycles. The smallest absolute Gasteiger partial charge is 0.174 e. The second-order valence-corrected chi connectivity index (χ2v) is 8.11. The monoisotopic (exact) mass is 408 g/mol. The molecule has 2 fully saturated rings. The maximum absolute atomic E-state index is 14.9. The number of fused-ring (bicyclic) bond motifs is 2.